The summed E-state index contributed by atoms with van der Waals surface area (Å²) in [5, 5.41) is 6.32. The minimum absolute atomic E-state index is 0.209. The molecule has 0 aromatic heterocycles. The molecule has 2 unspecified atom stereocenters. The zero-order valence-electron chi connectivity index (χ0n) is 15.4. The van der Waals surface area contributed by atoms with Gasteiger partial charge in [0.25, 0.3) is 5.91 Å². The van der Waals surface area contributed by atoms with E-state index in [4.69, 9.17) is 0 Å². The van der Waals surface area contributed by atoms with Crippen LogP contribution >= 0.6 is 0 Å². The summed E-state index contributed by atoms with van der Waals surface area (Å²) in [6, 6.07) is 4.13. The van der Waals surface area contributed by atoms with E-state index >= 15 is 0 Å². The van der Waals surface area contributed by atoms with E-state index in [0.717, 1.165) is 30.6 Å². The summed E-state index contributed by atoms with van der Waals surface area (Å²) in [4.78, 5) is 14.5. The van der Waals surface area contributed by atoms with Crippen LogP contribution in [0.3, 0.4) is 0 Å². The zero-order valence-corrected chi connectivity index (χ0v) is 15.4. The molecule has 2 rings (SSSR count). The van der Waals surface area contributed by atoms with Crippen LogP contribution in [-0.4, -0.2) is 37.1 Å². The molecule has 0 saturated carbocycles. The summed E-state index contributed by atoms with van der Waals surface area (Å²) in [6.07, 6.45) is 2.04. The highest BCUT2D eigenvalue weighted by Crippen LogP contribution is 2.30. The van der Waals surface area contributed by atoms with Crippen molar-refractivity contribution in [3.05, 3.63) is 29.1 Å². The molecule has 1 amide bonds. The molecule has 0 bridgehead atoms. The summed E-state index contributed by atoms with van der Waals surface area (Å²) in [5.74, 6) is -0.566. The second-order valence-electron chi connectivity index (χ2n) is 6.84. The van der Waals surface area contributed by atoms with Crippen LogP contribution < -0.4 is 15.5 Å². The van der Waals surface area contributed by atoms with Crippen molar-refractivity contribution in [2.24, 2.45) is 0 Å². The maximum absolute atomic E-state index is 14.2. The maximum atomic E-state index is 14.2. The van der Waals surface area contributed by atoms with Crippen LogP contribution in [0.4, 0.5) is 10.1 Å². The average Bonchev–Trinajstić information content (AvgIpc) is 2.50. The van der Waals surface area contributed by atoms with Crippen LogP contribution in [0, 0.1) is 12.7 Å². The second-order valence-corrected chi connectivity index (χ2v) is 6.84. The van der Waals surface area contributed by atoms with Crippen molar-refractivity contribution in [2.75, 3.05) is 18.0 Å². The summed E-state index contributed by atoms with van der Waals surface area (Å²) < 4.78 is 14.2. The van der Waals surface area contributed by atoms with Crippen molar-refractivity contribution in [1.29, 1.82) is 0 Å². The number of hydrogen-bond donors (Lipinski definition) is 2. The molecule has 0 spiro atoms. The van der Waals surface area contributed by atoms with Gasteiger partial charge in [-0.3, -0.25) is 4.79 Å². The number of benzene rings is 1. The van der Waals surface area contributed by atoms with Crippen molar-refractivity contribution in [1.82, 2.24) is 10.6 Å². The number of anilines is 1. The molecule has 0 radical (unpaired) electrons. The van der Waals surface area contributed by atoms with E-state index in [0.29, 0.717) is 30.2 Å². The van der Waals surface area contributed by atoms with E-state index in [2.05, 4.69) is 36.3 Å². The fraction of sp³-hybridized carbons (Fsp3) is 0.632. The number of halogens is 1. The van der Waals surface area contributed by atoms with Gasteiger partial charge in [0, 0.05) is 42.5 Å². The van der Waals surface area contributed by atoms with Gasteiger partial charge in [0.2, 0.25) is 0 Å². The van der Waals surface area contributed by atoms with Crippen LogP contribution in [0.1, 0.15) is 56.5 Å². The Hall–Kier alpha value is -1.62. The van der Waals surface area contributed by atoms with Gasteiger partial charge in [-0.25, -0.2) is 4.39 Å². The van der Waals surface area contributed by atoms with Crippen LogP contribution in [0.15, 0.2) is 12.1 Å². The number of carbonyl (C=O) groups is 1. The topological polar surface area (TPSA) is 44.4 Å². The molecule has 1 aliphatic rings. The van der Waals surface area contributed by atoms with Crippen molar-refractivity contribution >= 4 is 11.6 Å². The first kappa shape index (κ1) is 18.7. The van der Waals surface area contributed by atoms with Gasteiger partial charge >= 0.3 is 0 Å². The predicted molar refractivity (Wildman–Crippen MR) is 97.2 cm³/mol. The number of nitrogens with one attached hydrogen (secondary N) is 2. The molecule has 0 aliphatic carbocycles. The Kier molecular flexibility index (Phi) is 6.21. The first-order valence-corrected chi connectivity index (χ1v) is 8.98. The van der Waals surface area contributed by atoms with Crippen LogP contribution in [0.2, 0.25) is 0 Å². The highest BCUT2D eigenvalue weighted by atomic mass is 19.1. The highest BCUT2D eigenvalue weighted by molar-refractivity contribution is 5.97. The molecule has 1 aromatic rings. The van der Waals surface area contributed by atoms with E-state index in [1.54, 1.807) is 6.07 Å². The lowest BCUT2D eigenvalue weighted by Crippen LogP contribution is -2.51. The van der Waals surface area contributed by atoms with Gasteiger partial charge in [-0.15, -0.1) is 0 Å². The van der Waals surface area contributed by atoms with Gasteiger partial charge in [-0.05, 0) is 65.2 Å². The molecule has 5 heteroatoms. The molecule has 2 atom stereocenters. The van der Waals surface area contributed by atoms with Crippen molar-refractivity contribution in [3.8, 4) is 0 Å². The molecule has 1 heterocycles. The fourth-order valence-corrected chi connectivity index (χ4v) is 3.87. The largest absolute Gasteiger partial charge is 0.368 e. The first-order valence-electron chi connectivity index (χ1n) is 8.98. The zero-order chi connectivity index (χ0) is 17.9. The maximum Gasteiger partial charge on any atom is 0.251 e. The van der Waals surface area contributed by atoms with E-state index < -0.39 is 0 Å². The Balaban J connectivity index is 2.39. The van der Waals surface area contributed by atoms with Crippen molar-refractivity contribution < 1.29 is 9.18 Å². The van der Waals surface area contributed by atoms with Gasteiger partial charge in [-0.2, -0.15) is 0 Å². The Morgan fingerprint density at radius 2 is 1.92 bits per heavy atom. The van der Waals surface area contributed by atoms with Gasteiger partial charge in [0.1, 0.15) is 5.82 Å². The van der Waals surface area contributed by atoms with Crippen LogP contribution in [0.5, 0.6) is 0 Å². The van der Waals surface area contributed by atoms with E-state index in [1.807, 2.05) is 13.8 Å². The Labute approximate surface area is 144 Å². The second kappa shape index (κ2) is 7.97. The summed E-state index contributed by atoms with van der Waals surface area (Å²) in [6.45, 7) is 11.6. The lowest BCUT2D eigenvalue weighted by atomic mass is 9.92. The molecular weight excluding hydrogens is 305 g/mol. The van der Waals surface area contributed by atoms with Crippen molar-refractivity contribution in [2.45, 2.75) is 65.6 Å². The molecule has 1 saturated heterocycles. The Morgan fingerprint density at radius 1 is 1.29 bits per heavy atom. The van der Waals surface area contributed by atoms with E-state index in [1.165, 1.54) is 6.07 Å². The lowest BCUT2D eigenvalue weighted by molar-refractivity contribution is 0.0954. The summed E-state index contributed by atoms with van der Waals surface area (Å²) >= 11 is 0. The molecule has 1 fully saturated rings. The molecule has 1 aliphatic heterocycles. The molecule has 134 valence electrons. The monoisotopic (exact) mass is 335 g/mol. The molecule has 4 nitrogen and oxygen atoms in total. The normalized spacial score (nSPS) is 23.8. The number of rotatable bonds is 5. The van der Waals surface area contributed by atoms with E-state index in [9.17, 15) is 9.18 Å². The summed E-state index contributed by atoms with van der Waals surface area (Å²) in [7, 11) is 0. The van der Waals surface area contributed by atoms with Gasteiger partial charge in [0.05, 0.1) is 0 Å². The molecule has 24 heavy (non-hydrogen) atoms. The van der Waals surface area contributed by atoms with E-state index in [-0.39, 0.29) is 11.7 Å². The van der Waals surface area contributed by atoms with Gasteiger partial charge in [-0.1, -0.05) is 0 Å². The molecule has 2 N–H and O–H groups in total. The average molecular weight is 335 g/mol. The third-order valence-corrected chi connectivity index (χ3v) is 4.84. The minimum atomic E-state index is -0.356. The Morgan fingerprint density at radius 3 is 2.46 bits per heavy atom. The van der Waals surface area contributed by atoms with Crippen LogP contribution in [-0.2, 0) is 0 Å². The number of piperidine rings is 1. The standard InChI is InChI=1S/C19H30FN3O/c1-6-21-19(24)17-10-15(20)11-18(14(17)5)23(7-2)16-8-12(3)22-13(4)9-16/h10-13,16,22H,6-9H2,1-5H3,(H,21,24). The third-order valence-electron chi connectivity index (χ3n) is 4.84. The van der Waals surface area contributed by atoms with Crippen LogP contribution in [0.25, 0.3) is 0 Å². The number of nitrogens with zero attached hydrogens (tertiary/aromatic N) is 1. The highest BCUT2D eigenvalue weighted by Gasteiger charge is 2.29. The fourth-order valence-electron chi connectivity index (χ4n) is 3.87. The van der Waals surface area contributed by atoms with Gasteiger partial charge in [0.15, 0.2) is 0 Å². The minimum Gasteiger partial charge on any atom is -0.368 e. The first-order chi connectivity index (χ1) is 11.4. The number of carbonyl (C=O) groups excluding carboxylic acids is 1. The Bertz CT molecular complexity index is 580. The number of amides is 1. The summed E-state index contributed by atoms with van der Waals surface area (Å²) in [5.41, 5.74) is 2.12. The smallest absolute Gasteiger partial charge is 0.251 e. The lowest BCUT2D eigenvalue weighted by Gasteiger charge is -2.41. The number of hydrogen-bond acceptors (Lipinski definition) is 3. The molecular formula is C19H30FN3O. The SMILES string of the molecule is CCNC(=O)c1cc(F)cc(N(CC)C2CC(C)NC(C)C2)c1C. The quantitative estimate of drug-likeness (QED) is 0.868. The van der Waals surface area contributed by atoms with Gasteiger partial charge < -0.3 is 15.5 Å². The third kappa shape index (κ3) is 4.07. The van der Waals surface area contributed by atoms with Crippen molar-refractivity contribution in [3.63, 3.8) is 0 Å². The molecule has 1 aromatic carbocycles. The predicted octanol–water partition coefficient (Wildman–Crippen LogP) is 3.24.